The van der Waals surface area contributed by atoms with Gasteiger partial charge in [-0.2, -0.15) is 0 Å². The van der Waals surface area contributed by atoms with Crippen LogP contribution in [0, 0.1) is 0 Å². The van der Waals surface area contributed by atoms with Crippen LogP contribution in [-0.2, 0) is 11.2 Å². The average molecular weight is 505 g/mol. The summed E-state index contributed by atoms with van der Waals surface area (Å²) in [5, 5.41) is 33.8. The number of unbranched alkanes of at least 4 members (excludes halogenated alkanes) is 11. The monoisotopic (exact) mass is 503 g/mol. The van der Waals surface area contributed by atoms with E-state index in [1.54, 1.807) is 18.2 Å². The molecule has 1 aromatic carbocycles. The molecule has 0 spiro atoms. The van der Waals surface area contributed by atoms with E-state index in [9.17, 15) is 20.1 Å². The van der Waals surface area contributed by atoms with Crippen LogP contribution in [0.1, 0.15) is 96.0 Å². The summed E-state index contributed by atoms with van der Waals surface area (Å²) < 4.78 is 0. The number of rotatable bonds is 19. The first-order valence-electron chi connectivity index (χ1n) is 12.6. The summed E-state index contributed by atoms with van der Waals surface area (Å²) in [5.74, 6) is -0.394. The van der Waals surface area contributed by atoms with Gasteiger partial charge in [0.2, 0.25) is 5.91 Å². The topological polar surface area (TPSA) is 89.8 Å². The highest BCUT2D eigenvalue weighted by Gasteiger charge is 2.27. The SMILES string of the molecule is CCCCCCCCCCCCCCC(O)C(O)C(CO)NC(=O)Cc1ccc(Cl)cc1Cl. The normalized spacial score (nSPS) is 14.1. The minimum absolute atomic E-state index is 0.00590. The quantitative estimate of drug-likeness (QED) is 0.179. The van der Waals surface area contributed by atoms with Crippen molar-refractivity contribution < 1.29 is 20.1 Å². The maximum atomic E-state index is 12.3. The first-order chi connectivity index (χ1) is 15.9. The Hall–Kier alpha value is -0.850. The molecule has 3 atom stereocenters. The van der Waals surface area contributed by atoms with Crippen molar-refractivity contribution in [1.29, 1.82) is 0 Å². The van der Waals surface area contributed by atoms with E-state index in [4.69, 9.17) is 23.2 Å². The summed E-state index contributed by atoms with van der Waals surface area (Å²) in [4.78, 5) is 12.3. The Bertz CT molecular complexity index is 659. The Morgan fingerprint density at radius 2 is 1.45 bits per heavy atom. The van der Waals surface area contributed by atoms with Crippen molar-refractivity contribution in [2.24, 2.45) is 0 Å². The molecule has 0 aromatic heterocycles. The standard InChI is InChI=1S/C26H43Cl2NO4/c1-2-3-4-5-6-7-8-9-10-11-12-13-14-24(31)26(33)23(19-30)29-25(32)17-20-15-16-21(27)18-22(20)28/h15-16,18,23-24,26,30-31,33H,2-14,17,19H2,1H3,(H,29,32). The lowest BCUT2D eigenvalue weighted by Crippen LogP contribution is -2.51. The van der Waals surface area contributed by atoms with E-state index in [1.165, 1.54) is 57.8 Å². The largest absolute Gasteiger partial charge is 0.394 e. The predicted octanol–water partition coefficient (Wildman–Crippen LogP) is 5.83. The fraction of sp³-hybridized carbons (Fsp3) is 0.731. The van der Waals surface area contributed by atoms with Crippen molar-refractivity contribution in [3.8, 4) is 0 Å². The fourth-order valence-corrected chi connectivity index (χ4v) is 4.44. The van der Waals surface area contributed by atoms with E-state index in [-0.39, 0.29) is 6.42 Å². The van der Waals surface area contributed by atoms with E-state index < -0.39 is 30.8 Å². The van der Waals surface area contributed by atoms with Crippen LogP contribution in [0.25, 0.3) is 0 Å². The Balaban J connectivity index is 2.19. The molecule has 4 N–H and O–H groups in total. The molecular formula is C26H43Cl2NO4. The number of nitrogens with one attached hydrogen (secondary N) is 1. The van der Waals surface area contributed by atoms with Crippen molar-refractivity contribution in [1.82, 2.24) is 5.32 Å². The number of aliphatic hydroxyl groups excluding tert-OH is 3. The molecular weight excluding hydrogens is 461 g/mol. The van der Waals surface area contributed by atoms with Gasteiger partial charge in [0.1, 0.15) is 6.10 Å². The molecule has 1 aromatic rings. The first-order valence-corrected chi connectivity index (χ1v) is 13.3. The van der Waals surface area contributed by atoms with Crippen LogP contribution >= 0.6 is 23.2 Å². The van der Waals surface area contributed by atoms with Gasteiger partial charge in [-0.05, 0) is 24.1 Å². The molecule has 1 rings (SSSR count). The highest BCUT2D eigenvalue weighted by atomic mass is 35.5. The molecule has 1 amide bonds. The number of amides is 1. The molecule has 0 aliphatic rings. The average Bonchev–Trinajstić information content (AvgIpc) is 2.79. The van der Waals surface area contributed by atoms with E-state index in [1.807, 2.05) is 0 Å². The highest BCUT2D eigenvalue weighted by molar-refractivity contribution is 6.35. The Labute approximate surface area is 209 Å². The van der Waals surface area contributed by atoms with Crippen molar-refractivity contribution >= 4 is 29.1 Å². The lowest BCUT2D eigenvalue weighted by molar-refractivity contribution is -0.123. The number of carbonyl (C=O) groups excluding carboxylic acids is 1. The highest BCUT2D eigenvalue weighted by Crippen LogP contribution is 2.21. The van der Waals surface area contributed by atoms with Gasteiger partial charge in [-0.1, -0.05) is 113 Å². The second-order valence-electron chi connectivity index (χ2n) is 9.00. The van der Waals surface area contributed by atoms with Crippen LogP contribution in [0.5, 0.6) is 0 Å². The van der Waals surface area contributed by atoms with Crippen molar-refractivity contribution in [2.45, 2.75) is 115 Å². The first kappa shape index (κ1) is 30.2. The molecule has 0 saturated carbocycles. The molecule has 0 aliphatic heterocycles. The number of aliphatic hydroxyl groups is 3. The zero-order valence-electron chi connectivity index (χ0n) is 20.1. The minimum Gasteiger partial charge on any atom is -0.394 e. The van der Waals surface area contributed by atoms with Crippen LogP contribution in [0.15, 0.2) is 18.2 Å². The van der Waals surface area contributed by atoms with Crippen molar-refractivity contribution in [3.63, 3.8) is 0 Å². The lowest BCUT2D eigenvalue weighted by atomic mass is 9.99. The van der Waals surface area contributed by atoms with Gasteiger partial charge in [0.15, 0.2) is 0 Å². The molecule has 33 heavy (non-hydrogen) atoms. The summed E-state index contributed by atoms with van der Waals surface area (Å²) in [6.45, 7) is 1.78. The van der Waals surface area contributed by atoms with Gasteiger partial charge >= 0.3 is 0 Å². The second kappa shape index (κ2) is 18.5. The zero-order valence-corrected chi connectivity index (χ0v) is 21.6. The van der Waals surface area contributed by atoms with E-state index >= 15 is 0 Å². The molecule has 0 aliphatic carbocycles. The minimum atomic E-state index is -1.23. The lowest BCUT2D eigenvalue weighted by Gasteiger charge is -2.26. The Morgan fingerprint density at radius 3 is 1.97 bits per heavy atom. The molecule has 0 fully saturated rings. The molecule has 0 saturated heterocycles. The molecule has 0 bridgehead atoms. The zero-order chi connectivity index (χ0) is 24.5. The van der Waals surface area contributed by atoms with Crippen LogP contribution < -0.4 is 5.32 Å². The van der Waals surface area contributed by atoms with Gasteiger partial charge in [0, 0.05) is 10.0 Å². The van der Waals surface area contributed by atoms with Crippen molar-refractivity contribution in [2.75, 3.05) is 6.61 Å². The summed E-state index contributed by atoms with van der Waals surface area (Å²) in [6.07, 6.45) is 12.9. The van der Waals surface area contributed by atoms with Gasteiger partial charge in [-0.25, -0.2) is 0 Å². The van der Waals surface area contributed by atoms with Crippen LogP contribution in [-0.4, -0.2) is 46.1 Å². The Morgan fingerprint density at radius 1 is 0.909 bits per heavy atom. The molecule has 7 heteroatoms. The molecule has 190 valence electrons. The van der Waals surface area contributed by atoms with Gasteiger partial charge in [-0.3, -0.25) is 4.79 Å². The maximum Gasteiger partial charge on any atom is 0.224 e. The van der Waals surface area contributed by atoms with E-state index in [2.05, 4.69) is 12.2 Å². The third kappa shape index (κ3) is 13.6. The second-order valence-corrected chi connectivity index (χ2v) is 9.85. The summed E-state index contributed by atoms with van der Waals surface area (Å²) in [7, 11) is 0. The smallest absolute Gasteiger partial charge is 0.224 e. The summed E-state index contributed by atoms with van der Waals surface area (Å²) >= 11 is 12.0. The van der Waals surface area contributed by atoms with E-state index in [0.717, 1.165) is 19.3 Å². The van der Waals surface area contributed by atoms with Gasteiger partial charge in [0.25, 0.3) is 0 Å². The summed E-state index contributed by atoms with van der Waals surface area (Å²) in [5.41, 5.74) is 0.599. The molecule has 5 nitrogen and oxygen atoms in total. The van der Waals surface area contributed by atoms with Gasteiger partial charge in [0.05, 0.1) is 25.2 Å². The molecule has 0 radical (unpaired) electrons. The van der Waals surface area contributed by atoms with Crippen molar-refractivity contribution in [3.05, 3.63) is 33.8 Å². The number of carbonyl (C=O) groups is 1. The number of benzene rings is 1. The molecule has 3 unspecified atom stereocenters. The number of hydrogen-bond donors (Lipinski definition) is 4. The number of halogens is 2. The fourth-order valence-electron chi connectivity index (χ4n) is 3.97. The Kier molecular flexibility index (Phi) is 16.9. The van der Waals surface area contributed by atoms with Crippen LogP contribution in [0.2, 0.25) is 10.0 Å². The van der Waals surface area contributed by atoms with E-state index in [0.29, 0.717) is 22.0 Å². The van der Waals surface area contributed by atoms with Gasteiger partial charge < -0.3 is 20.6 Å². The third-order valence-corrected chi connectivity index (χ3v) is 6.66. The predicted molar refractivity (Wildman–Crippen MR) is 137 cm³/mol. The third-order valence-electron chi connectivity index (χ3n) is 6.07. The van der Waals surface area contributed by atoms with Gasteiger partial charge in [-0.15, -0.1) is 0 Å². The molecule has 0 heterocycles. The summed E-state index contributed by atoms with van der Waals surface area (Å²) in [6, 6.07) is 3.93. The van der Waals surface area contributed by atoms with Crippen LogP contribution in [0.4, 0.5) is 0 Å². The maximum absolute atomic E-state index is 12.3. The van der Waals surface area contributed by atoms with Crippen LogP contribution in [0.3, 0.4) is 0 Å². The number of hydrogen-bond acceptors (Lipinski definition) is 4.